The molecule has 3 heteroatoms. The van der Waals surface area contributed by atoms with Gasteiger partial charge in [0.05, 0.1) is 17.1 Å². The van der Waals surface area contributed by atoms with Crippen LogP contribution in [0.4, 0.5) is 17.1 Å². The minimum Gasteiger partial charge on any atom is -0.314 e. The summed E-state index contributed by atoms with van der Waals surface area (Å²) in [4.78, 5) is 2.35. The summed E-state index contributed by atoms with van der Waals surface area (Å²) in [5.41, 5.74) is 8.19. The first kappa shape index (κ1) is 22.7. The molecule has 0 saturated carbocycles. The largest absolute Gasteiger partial charge is 0.314 e. The van der Waals surface area contributed by atoms with Crippen molar-refractivity contribution in [2.75, 3.05) is 9.91 Å². The molecule has 0 radical (unpaired) electrons. The average Bonchev–Trinajstić information content (AvgIpc) is 2.94. The van der Waals surface area contributed by atoms with E-state index < -0.39 is 0 Å². The summed E-state index contributed by atoms with van der Waals surface area (Å²) < 4.78 is 0. The van der Waals surface area contributed by atoms with Crippen molar-refractivity contribution >= 4 is 22.8 Å². The Balaban J connectivity index is 1.46. The van der Waals surface area contributed by atoms with Gasteiger partial charge in [-0.25, -0.2) is 5.01 Å². The molecular formula is C32H31N3. The van der Waals surface area contributed by atoms with Gasteiger partial charge in [-0.1, -0.05) is 72.8 Å². The molecule has 0 N–H and O–H groups in total. The number of hydrogen-bond acceptors (Lipinski definition) is 3. The maximum Gasteiger partial charge on any atom is 0.0652 e. The Morgan fingerprint density at radius 1 is 0.686 bits per heavy atom. The molecule has 3 nitrogen and oxygen atoms in total. The summed E-state index contributed by atoms with van der Waals surface area (Å²) in [5.74, 6) is 0. The maximum absolute atomic E-state index is 5.10. The number of hydrogen-bond donors (Lipinski definition) is 0. The van der Waals surface area contributed by atoms with E-state index in [-0.39, 0.29) is 0 Å². The molecule has 0 spiro atoms. The van der Waals surface area contributed by atoms with Crippen LogP contribution in [0, 0.1) is 0 Å². The Bertz CT molecular complexity index is 1240. The lowest BCUT2D eigenvalue weighted by Crippen LogP contribution is -2.20. The van der Waals surface area contributed by atoms with Crippen molar-refractivity contribution in [3.8, 4) is 0 Å². The molecule has 0 saturated heterocycles. The topological polar surface area (TPSA) is 18.8 Å². The molecule has 0 aromatic heterocycles. The second-order valence-corrected chi connectivity index (χ2v) is 8.80. The zero-order valence-electron chi connectivity index (χ0n) is 20.2. The van der Waals surface area contributed by atoms with Gasteiger partial charge >= 0.3 is 0 Å². The van der Waals surface area contributed by atoms with E-state index in [2.05, 4.69) is 132 Å². The summed E-state index contributed by atoms with van der Waals surface area (Å²) in [6.07, 6.45) is 15.2. The third-order valence-corrected chi connectivity index (χ3v) is 6.38. The highest BCUT2D eigenvalue weighted by atomic mass is 15.5. The third-order valence-electron chi connectivity index (χ3n) is 6.38. The normalized spacial score (nSPS) is 15.7. The SMILES string of the molecule is CC(=NN(C1=CCCC=C1)c1ccccc1)C1=CC=C(N(c2ccccc2)c2ccccc2)CC1. The number of benzene rings is 3. The van der Waals surface area contributed by atoms with Crippen molar-refractivity contribution in [3.05, 3.63) is 138 Å². The van der Waals surface area contributed by atoms with Crippen molar-refractivity contribution in [1.82, 2.24) is 0 Å². The Morgan fingerprint density at radius 3 is 1.80 bits per heavy atom. The molecule has 3 aromatic carbocycles. The van der Waals surface area contributed by atoms with Gasteiger partial charge in [-0.15, -0.1) is 0 Å². The van der Waals surface area contributed by atoms with E-state index in [0.717, 1.165) is 42.8 Å². The number of hydrazone groups is 1. The van der Waals surface area contributed by atoms with Crippen LogP contribution in [0.2, 0.25) is 0 Å². The fourth-order valence-corrected chi connectivity index (χ4v) is 4.55. The minimum atomic E-state index is 0.953. The van der Waals surface area contributed by atoms with Crippen LogP contribution in [0.25, 0.3) is 0 Å². The summed E-state index contributed by atoms with van der Waals surface area (Å²) in [6.45, 7) is 2.12. The van der Waals surface area contributed by atoms with Gasteiger partial charge in [0.15, 0.2) is 0 Å². The van der Waals surface area contributed by atoms with E-state index in [1.54, 1.807) is 0 Å². The van der Waals surface area contributed by atoms with Crippen LogP contribution < -0.4 is 9.91 Å². The van der Waals surface area contributed by atoms with E-state index in [1.165, 1.54) is 22.6 Å². The van der Waals surface area contributed by atoms with Crippen LogP contribution in [0.5, 0.6) is 0 Å². The highest BCUT2D eigenvalue weighted by Gasteiger charge is 2.19. The monoisotopic (exact) mass is 457 g/mol. The Morgan fingerprint density at radius 2 is 1.29 bits per heavy atom. The van der Waals surface area contributed by atoms with E-state index in [0.29, 0.717) is 0 Å². The Labute approximate surface area is 208 Å². The quantitative estimate of drug-likeness (QED) is 0.261. The van der Waals surface area contributed by atoms with Crippen LogP contribution in [0.15, 0.2) is 143 Å². The molecule has 5 rings (SSSR count). The average molecular weight is 458 g/mol. The summed E-state index contributed by atoms with van der Waals surface area (Å²) >= 11 is 0. The lowest BCUT2D eigenvalue weighted by atomic mass is 9.98. The molecule has 0 amide bonds. The second kappa shape index (κ2) is 10.9. The molecule has 0 heterocycles. The molecule has 3 aromatic rings. The highest BCUT2D eigenvalue weighted by molar-refractivity contribution is 5.99. The lowest BCUT2D eigenvalue weighted by molar-refractivity contribution is 0.892. The summed E-state index contributed by atoms with van der Waals surface area (Å²) in [5, 5.41) is 7.17. The standard InChI is InChI=1S/C32H31N3/c1-26(33-35(31-18-10-4-11-19-31)32-20-12-5-13-21-32)27-22-24-30(25-23-27)34(28-14-6-2-7-15-28)29-16-8-3-9-17-29/h2-4,6-12,14-22,24H,5,13,23,25H2,1H3. The fourth-order valence-electron chi connectivity index (χ4n) is 4.55. The van der Waals surface area contributed by atoms with E-state index in [1.807, 2.05) is 6.07 Å². The number of para-hydroxylation sites is 3. The predicted octanol–water partition coefficient (Wildman–Crippen LogP) is 8.55. The van der Waals surface area contributed by atoms with Crippen LogP contribution in [0.1, 0.15) is 32.6 Å². The number of rotatable bonds is 7. The van der Waals surface area contributed by atoms with Crippen LogP contribution in [-0.4, -0.2) is 5.71 Å². The first-order valence-corrected chi connectivity index (χ1v) is 12.4. The highest BCUT2D eigenvalue weighted by Crippen LogP contribution is 2.34. The van der Waals surface area contributed by atoms with Crippen molar-refractivity contribution in [2.45, 2.75) is 32.6 Å². The van der Waals surface area contributed by atoms with Gasteiger partial charge in [0.2, 0.25) is 0 Å². The molecule has 0 atom stereocenters. The molecule has 2 aliphatic carbocycles. The van der Waals surface area contributed by atoms with Gasteiger partial charge in [-0.2, -0.15) is 5.10 Å². The zero-order valence-corrected chi connectivity index (χ0v) is 20.2. The van der Waals surface area contributed by atoms with Crippen LogP contribution in [0.3, 0.4) is 0 Å². The van der Waals surface area contributed by atoms with Crippen molar-refractivity contribution < 1.29 is 0 Å². The molecule has 35 heavy (non-hydrogen) atoms. The first-order valence-electron chi connectivity index (χ1n) is 12.4. The van der Waals surface area contributed by atoms with E-state index in [4.69, 9.17) is 5.10 Å². The predicted molar refractivity (Wildman–Crippen MR) is 149 cm³/mol. The maximum atomic E-state index is 5.10. The molecule has 0 fully saturated rings. The van der Waals surface area contributed by atoms with Crippen molar-refractivity contribution in [1.29, 1.82) is 0 Å². The Hall–Kier alpha value is -4.11. The Kier molecular flexibility index (Phi) is 7.05. The third kappa shape index (κ3) is 5.36. The molecule has 0 unspecified atom stereocenters. The first-order chi connectivity index (χ1) is 17.3. The van der Waals surface area contributed by atoms with Crippen LogP contribution in [-0.2, 0) is 0 Å². The van der Waals surface area contributed by atoms with Gasteiger partial charge in [0.1, 0.15) is 0 Å². The summed E-state index contributed by atoms with van der Waals surface area (Å²) in [7, 11) is 0. The van der Waals surface area contributed by atoms with Crippen LogP contribution >= 0.6 is 0 Å². The zero-order chi connectivity index (χ0) is 23.9. The molecule has 0 bridgehead atoms. The molecule has 174 valence electrons. The fraction of sp³-hybridized carbons (Fsp3) is 0.156. The van der Waals surface area contributed by atoms with Gasteiger partial charge in [-0.05, 0) is 86.7 Å². The second-order valence-electron chi connectivity index (χ2n) is 8.80. The van der Waals surface area contributed by atoms with Gasteiger partial charge in [-0.3, -0.25) is 0 Å². The van der Waals surface area contributed by atoms with Crippen molar-refractivity contribution in [3.63, 3.8) is 0 Å². The lowest BCUT2D eigenvalue weighted by Gasteiger charge is -2.30. The number of nitrogens with zero attached hydrogens (tertiary/aromatic N) is 3. The van der Waals surface area contributed by atoms with E-state index in [9.17, 15) is 0 Å². The summed E-state index contributed by atoms with van der Waals surface area (Å²) in [6, 6.07) is 31.6. The van der Waals surface area contributed by atoms with Gasteiger partial charge in [0.25, 0.3) is 0 Å². The van der Waals surface area contributed by atoms with E-state index >= 15 is 0 Å². The molecule has 0 aliphatic heterocycles. The number of anilines is 3. The smallest absolute Gasteiger partial charge is 0.0652 e. The number of allylic oxidation sites excluding steroid dienone is 7. The minimum absolute atomic E-state index is 0.953. The molecule has 2 aliphatic rings. The van der Waals surface area contributed by atoms with Gasteiger partial charge in [0, 0.05) is 17.1 Å². The molecular weight excluding hydrogens is 426 g/mol. The van der Waals surface area contributed by atoms with Crippen molar-refractivity contribution in [2.24, 2.45) is 5.10 Å². The van der Waals surface area contributed by atoms with Gasteiger partial charge < -0.3 is 4.90 Å².